The molecule has 0 saturated heterocycles. The fraction of sp³-hybridized carbons (Fsp3) is 0.519. The van der Waals surface area contributed by atoms with Crippen LogP contribution in [0.5, 0.6) is 0 Å². The van der Waals surface area contributed by atoms with Crippen molar-refractivity contribution in [1.29, 1.82) is 0 Å². The van der Waals surface area contributed by atoms with Gasteiger partial charge in [0.1, 0.15) is 5.56 Å². The number of carbonyl (C=O) groups is 1. The highest BCUT2D eigenvalue weighted by Gasteiger charge is 2.23. The molecule has 1 N–H and O–H groups in total. The predicted molar refractivity (Wildman–Crippen MR) is 136 cm³/mol. The largest absolute Gasteiger partial charge is 0.477 e. The number of hydrogen-bond acceptors (Lipinski definition) is 3. The van der Waals surface area contributed by atoms with Gasteiger partial charge < -0.3 is 9.67 Å². The minimum absolute atomic E-state index is 0.186. The summed E-state index contributed by atoms with van der Waals surface area (Å²) in [6, 6.07) is 1.47. The van der Waals surface area contributed by atoms with Crippen LogP contribution in [0, 0.1) is 11.8 Å². The summed E-state index contributed by atoms with van der Waals surface area (Å²) < 4.78 is 1.90. The first-order valence-corrected chi connectivity index (χ1v) is 11.7. The van der Waals surface area contributed by atoms with E-state index in [0.29, 0.717) is 6.54 Å². The molecule has 0 bridgehead atoms. The van der Waals surface area contributed by atoms with Crippen LogP contribution in [0.4, 0.5) is 0 Å². The number of aromatic carboxylic acids is 1. The van der Waals surface area contributed by atoms with Crippen LogP contribution in [-0.2, 0) is 6.54 Å². The third-order valence-electron chi connectivity index (χ3n) is 5.77. The van der Waals surface area contributed by atoms with Crippen LogP contribution in [0.15, 0.2) is 51.4 Å². The number of carboxylic acids is 1. The van der Waals surface area contributed by atoms with E-state index in [1.807, 2.05) is 36.6 Å². The maximum atomic E-state index is 12.5. The summed E-state index contributed by atoms with van der Waals surface area (Å²) in [6.07, 6.45) is 10.6. The molecule has 1 aromatic heterocycles. The zero-order valence-corrected chi connectivity index (χ0v) is 21.0. The van der Waals surface area contributed by atoms with Crippen LogP contribution in [0.25, 0.3) is 5.57 Å². The maximum absolute atomic E-state index is 12.5. The minimum Gasteiger partial charge on any atom is -0.477 e. The van der Waals surface area contributed by atoms with Gasteiger partial charge in [0.2, 0.25) is 0 Å². The molecule has 0 aliphatic heterocycles. The Kier molecular flexibility index (Phi) is 11.1. The number of hydrogen-bond donors (Lipinski definition) is 1. The van der Waals surface area contributed by atoms with Crippen LogP contribution in [0.2, 0.25) is 0 Å². The summed E-state index contributed by atoms with van der Waals surface area (Å²) in [5.74, 6) is -0.123. The molecule has 0 aromatic carbocycles. The zero-order valence-electron chi connectivity index (χ0n) is 21.0. The summed E-state index contributed by atoms with van der Waals surface area (Å²) in [5, 5.41) is 9.34. The van der Waals surface area contributed by atoms with Gasteiger partial charge in [-0.05, 0) is 42.7 Å². The monoisotopic (exact) mass is 440 g/mol. The Bertz CT molecular complexity index is 975. The van der Waals surface area contributed by atoms with Gasteiger partial charge in [0.25, 0.3) is 0 Å². The van der Waals surface area contributed by atoms with Gasteiger partial charge in [0.05, 0.1) is 5.71 Å². The molecule has 0 amide bonds. The first kappa shape index (κ1) is 27.3. The van der Waals surface area contributed by atoms with Gasteiger partial charge in [-0.3, -0.25) is 9.79 Å². The molecular formula is C27H40N2O3. The van der Waals surface area contributed by atoms with Gasteiger partial charge in [-0.2, -0.15) is 0 Å². The molecule has 0 radical (unpaired) electrons. The number of rotatable bonds is 7. The van der Waals surface area contributed by atoms with Crippen LogP contribution in [0.3, 0.4) is 0 Å². The fourth-order valence-electron chi connectivity index (χ4n) is 3.43. The number of carboxylic acid groups (broad SMARTS) is 1. The topological polar surface area (TPSA) is 71.7 Å². The lowest BCUT2D eigenvalue weighted by Crippen LogP contribution is -2.22. The van der Waals surface area contributed by atoms with Gasteiger partial charge in [-0.25, -0.2) is 4.79 Å². The normalized spacial score (nSPS) is 17.0. The quantitative estimate of drug-likeness (QED) is 0.533. The van der Waals surface area contributed by atoms with E-state index in [4.69, 9.17) is 0 Å². The lowest BCUT2D eigenvalue weighted by atomic mass is 9.84. The number of pyridine rings is 1. The van der Waals surface area contributed by atoms with E-state index in [2.05, 4.69) is 39.6 Å². The molecule has 5 heteroatoms. The number of allylic oxidation sites excluding steroid dienone is 6. The van der Waals surface area contributed by atoms with Crippen molar-refractivity contribution in [2.75, 3.05) is 7.05 Å². The Balaban J connectivity index is 0.000000920. The predicted octanol–water partition coefficient (Wildman–Crippen LogP) is 6.40. The second-order valence-corrected chi connectivity index (χ2v) is 8.65. The smallest absolute Gasteiger partial charge is 0.341 e. The second-order valence-electron chi connectivity index (χ2n) is 8.65. The lowest BCUT2D eigenvalue weighted by molar-refractivity contribution is 0.0694. The molecular weight excluding hydrogens is 400 g/mol. The second kappa shape index (κ2) is 13.0. The van der Waals surface area contributed by atoms with E-state index in [1.54, 1.807) is 7.05 Å². The van der Waals surface area contributed by atoms with Crippen LogP contribution < -0.4 is 5.43 Å². The van der Waals surface area contributed by atoms with E-state index >= 15 is 0 Å². The van der Waals surface area contributed by atoms with Crippen molar-refractivity contribution in [3.05, 3.63) is 63.1 Å². The maximum Gasteiger partial charge on any atom is 0.341 e. The SMILES string of the molecule is CCC(C)C.CCCn1cc(C(=O)O)c(=O)cc1/C(=C1\C=CC=C(C)C1=NC)C(C)CC. The van der Waals surface area contributed by atoms with Crippen LogP contribution in [-0.4, -0.2) is 28.4 Å². The highest BCUT2D eigenvalue weighted by atomic mass is 16.4. The number of aromatic nitrogens is 1. The molecule has 2 rings (SSSR count). The molecule has 1 aromatic rings. The van der Waals surface area contributed by atoms with Crippen molar-refractivity contribution in [1.82, 2.24) is 4.57 Å². The lowest BCUT2D eigenvalue weighted by Gasteiger charge is -2.25. The van der Waals surface area contributed by atoms with Gasteiger partial charge in [0, 0.05) is 37.1 Å². The molecule has 1 unspecified atom stereocenters. The van der Waals surface area contributed by atoms with Gasteiger partial charge in [0.15, 0.2) is 5.43 Å². The fourth-order valence-corrected chi connectivity index (χ4v) is 3.43. The van der Waals surface area contributed by atoms with Gasteiger partial charge in [-0.1, -0.05) is 66.2 Å². The van der Waals surface area contributed by atoms with Crippen molar-refractivity contribution in [3.8, 4) is 0 Å². The van der Waals surface area contributed by atoms with Crippen LogP contribution >= 0.6 is 0 Å². The summed E-state index contributed by atoms with van der Waals surface area (Å²) in [6.45, 7) is 15.6. The Hall–Kier alpha value is -2.69. The minimum atomic E-state index is -1.19. The van der Waals surface area contributed by atoms with Crippen molar-refractivity contribution >= 4 is 17.3 Å². The Morgan fingerprint density at radius 3 is 2.25 bits per heavy atom. The van der Waals surface area contributed by atoms with Crippen molar-refractivity contribution in [3.63, 3.8) is 0 Å². The van der Waals surface area contributed by atoms with Crippen molar-refractivity contribution < 1.29 is 9.90 Å². The van der Waals surface area contributed by atoms with E-state index in [1.165, 1.54) is 18.7 Å². The molecule has 0 fully saturated rings. The van der Waals surface area contributed by atoms with Gasteiger partial charge >= 0.3 is 5.97 Å². The van der Waals surface area contributed by atoms with Crippen molar-refractivity contribution in [2.24, 2.45) is 16.8 Å². The summed E-state index contributed by atoms with van der Waals surface area (Å²) in [4.78, 5) is 28.4. The molecule has 0 saturated carbocycles. The first-order chi connectivity index (χ1) is 15.1. The average Bonchev–Trinajstić information content (AvgIpc) is 2.75. The molecule has 1 aliphatic carbocycles. The van der Waals surface area contributed by atoms with E-state index in [9.17, 15) is 14.7 Å². The zero-order chi connectivity index (χ0) is 24.4. The molecule has 1 aliphatic rings. The van der Waals surface area contributed by atoms with E-state index in [-0.39, 0.29) is 11.5 Å². The van der Waals surface area contributed by atoms with Crippen molar-refractivity contribution in [2.45, 2.75) is 74.3 Å². The Morgan fingerprint density at radius 2 is 1.78 bits per heavy atom. The standard InChI is InChI=1S/C22H28N2O3.C5H12/c1-6-11-24-13-17(22(26)27)19(25)12-18(24)20(14(3)7-2)16-10-8-9-15(4)21(16)23-5;1-4-5(2)3/h8-10,12-14H,6-7,11H2,1-5H3,(H,26,27);5H,4H2,1-3H3/b20-16+,23-21?;. The van der Waals surface area contributed by atoms with E-state index in [0.717, 1.165) is 46.9 Å². The Morgan fingerprint density at radius 1 is 1.16 bits per heavy atom. The molecule has 1 atom stereocenters. The van der Waals surface area contributed by atoms with Gasteiger partial charge in [-0.15, -0.1) is 0 Å². The third-order valence-corrected chi connectivity index (χ3v) is 5.77. The molecule has 1 heterocycles. The number of aliphatic imine (C=N–C) groups is 1. The highest BCUT2D eigenvalue weighted by Crippen LogP contribution is 2.33. The van der Waals surface area contributed by atoms with Crippen LogP contribution in [0.1, 0.15) is 83.8 Å². The first-order valence-electron chi connectivity index (χ1n) is 11.7. The number of aryl methyl sites for hydroxylation is 1. The van der Waals surface area contributed by atoms with E-state index < -0.39 is 11.4 Å². The summed E-state index contributed by atoms with van der Waals surface area (Å²) >= 11 is 0. The molecule has 5 nitrogen and oxygen atoms in total. The highest BCUT2D eigenvalue weighted by molar-refractivity contribution is 6.19. The number of nitrogens with zero attached hydrogens (tertiary/aromatic N) is 2. The molecule has 176 valence electrons. The Labute approximate surface area is 193 Å². The summed E-state index contributed by atoms with van der Waals surface area (Å²) in [5.41, 5.74) is 4.13. The molecule has 0 spiro atoms. The molecule has 32 heavy (non-hydrogen) atoms. The summed E-state index contributed by atoms with van der Waals surface area (Å²) in [7, 11) is 1.77. The average molecular weight is 441 g/mol. The third kappa shape index (κ3) is 6.91.